The van der Waals surface area contributed by atoms with Crippen molar-refractivity contribution in [1.82, 2.24) is 4.98 Å². The van der Waals surface area contributed by atoms with Gasteiger partial charge in [0.1, 0.15) is 9.26 Å². The van der Waals surface area contributed by atoms with Crippen LogP contribution in [0.2, 0.25) is 0 Å². The van der Waals surface area contributed by atoms with Crippen LogP contribution in [-0.4, -0.2) is 17.3 Å². The molecule has 82 valence electrons. The average molecular weight is 347 g/mol. The molecular formula is C8H5ClF2INO2. The number of rotatable bonds is 3. The lowest BCUT2D eigenvalue weighted by Crippen LogP contribution is -2.05. The molecule has 0 aliphatic carbocycles. The number of nitrogens with zero attached hydrogens (tertiary/aromatic N) is 1. The highest BCUT2D eigenvalue weighted by atomic mass is 127. The van der Waals surface area contributed by atoms with Crippen molar-refractivity contribution >= 4 is 39.4 Å². The summed E-state index contributed by atoms with van der Waals surface area (Å²) in [4.78, 5) is 14.8. The molecule has 0 radical (unpaired) electrons. The Morgan fingerprint density at radius 3 is 2.67 bits per heavy atom. The van der Waals surface area contributed by atoms with Gasteiger partial charge in [0, 0.05) is 5.56 Å². The van der Waals surface area contributed by atoms with Gasteiger partial charge in [-0.15, -0.1) is 0 Å². The van der Waals surface area contributed by atoms with Gasteiger partial charge in [-0.05, 0) is 40.3 Å². The highest BCUT2D eigenvalue weighted by Crippen LogP contribution is 2.30. The van der Waals surface area contributed by atoms with E-state index >= 15 is 0 Å². The number of methoxy groups -OCH3 is 1. The summed E-state index contributed by atoms with van der Waals surface area (Å²) >= 11 is 6.94. The molecule has 1 aromatic rings. The zero-order valence-corrected chi connectivity index (χ0v) is 10.3. The van der Waals surface area contributed by atoms with Crippen LogP contribution in [0.1, 0.15) is 22.3 Å². The molecular weight excluding hydrogens is 342 g/mol. The Labute approximate surface area is 103 Å². The van der Waals surface area contributed by atoms with Crippen LogP contribution in [0.5, 0.6) is 5.88 Å². The number of hydrogen-bond donors (Lipinski definition) is 0. The second kappa shape index (κ2) is 5.02. The first-order valence-corrected chi connectivity index (χ1v) is 5.15. The largest absolute Gasteiger partial charge is 0.480 e. The number of halogens is 4. The predicted molar refractivity (Wildman–Crippen MR) is 58.6 cm³/mol. The number of carbonyl (C=O) groups is 1. The zero-order chi connectivity index (χ0) is 11.6. The number of pyridine rings is 1. The van der Waals surface area contributed by atoms with Crippen molar-refractivity contribution in [1.29, 1.82) is 0 Å². The maximum atomic E-state index is 12.6. The Morgan fingerprint density at radius 2 is 2.27 bits per heavy atom. The number of carbonyl (C=O) groups excluding carboxylic acids is 1. The molecule has 1 rings (SSSR count). The van der Waals surface area contributed by atoms with E-state index in [-0.39, 0.29) is 11.4 Å². The third-order valence-electron chi connectivity index (χ3n) is 1.61. The minimum Gasteiger partial charge on any atom is -0.480 e. The summed E-state index contributed by atoms with van der Waals surface area (Å²) < 4.78 is 30.2. The van der Waals surface area contributed by atoms with Crippen molar-refractivity contribution in [2.75, 3.05) is 7.11 Å². The molecule has 3 nitrogen and oxygen atoms in total. The average Bonchev–Trinajstić information content (AvgIpc) is 2.15. The maximum absolute atomic E-state index is 12.6. The van der Waals surface area contributed by atoms with E-state index in [0.29, 0.717) is 3.70 Å². The van der Waals surface area contributed by atoms with E-state index in [0.717, 1.165) is 6.07 Å². The summed E-state index contributed by atoms with van der Waals surface area (Å²) in [7, 11) is 1.23. The van der Waals surface area contributed by atoms with E-state index < -0.39 is 17.2 Å². The van der Waals surface area contributed by atoms with E-state index in [1.807, 2.05) is 0 Å². The van der Waals surface area contributed by atoms with Crippen LogP contribution in [0, 0.1) is 3.70 Å². The first-order valence-electron chi connectivity index (χ1n) is 3.69. The van der Waals surface area contributed by atoms with Crippen molar-refractivity contribution in [3.8, 4) is 5.88 Å². The van der Waals surface area contributed by atoms with Crippen LogP contribution < -0.4 is 4.74 Å². The van der Waals surface area contributed by atoms with Crippen molar-refractivity contribution in [2.45, 2.75) is 6.43 Å². The SMILES string of the molecule is COc1nc(I)cc(C(F)F)c1C(=O)Cl. The molecule has 0 atom stereocenters. The number of ether oxygens (including phenoxy) is 1. The van der Waals surface area contributed by atoms with Gasteiger partial charge >= 0.3 is 0 Å². The molecule has 15 heavy (non-hydrogen) atoms. The highest BCUT2D eigenvalue weighted by Gasteiger charge is 2.23. The van der Waals surface area contributed by atoms with Gasteiger partial charge in [-0.25, -0.2) is 13.8 Å². The molecule has 0 fully saturated rings. The Hall–Kier alpha value is -0.500. The number of alkyl halides is 2. The fourth-order valence-corrected chi connectivity index (χ4v) is 1.77. The predicted octanol–water partition coefficient (Wildman–Crippen LogP) is 3.01. The molecule has 0 bridgehead atoms. The van der Waals surface area contributed by atoms with Crippen LogP contribution >= 0.6 is 34.2 Å². The third-order valence-corrected chi connectivity index (χ3v) is 2.35. The van der Waals surface area contributed by atoms with Crippen LogP contribution in [0.4, 0.5) is 8.78 Å². The Morgan fingerprint density at radius 1 is 1.67 bits per heavy atom. The molecule has 1 heterocycles. The molecule has 0 amide bonds. The van der Waals surface area contributed by atoms with E-state index in [4.69, 9.17) is 16.3 Å². The lowest BCUT2D eigenvalue weighted by Gasteiger charge is -2.09. The minimum atomic E-state index is -2.80. The van der Waals surface area contributed by atoms with Crippen molar-refractivity contribution in [2.24, 2.45) is 0 Å². The van der Waals surface area contributed by atoms with Crippen LogP contribution in [-0.2, 0) is 0 Å². The summed E-state index contributed by atoms with van der Waals surface area (Å²) in [5, 5.41) is -1.01. The quantitative estimate of drug-likeness (QED) is 0.479. The van der Waals surface area contributed by atoms with Crippen LogP contribution in [0.3, 0.4) is 0 Å². The smallest absolute Gasteiger partial charge is 0.264 e. The van der Waals surface area contributed by atoms with Crippen LogP contribution in [0.15, 0.2) is 6.07 Å². The second-order valence-corrected chi connectivity index (χ2v) is 3.94. The van der Waals surface area contributed by atoms with E-state index in [9.17, 15) is 13.6 Å². The molecule has 0 saturated carbocycles. The van der Waals surface area contributed by atoms with Gasteiger partial charge in [-0.2, -0.15) is 0 Å². The molecule has 0 N–H and O–H groups in total. The molecule has 0 aliphatic heterocycles. The van der Waals surface area contributed by atoms with Crippen molar-refractivity contribution in [3.63, 3.8) is 0 Å². The molecule has 0 saturated heterocycles. The fourth-order valence-electron chi connectivity index (χ4n) is 1.03. The van der Waals surface area contributed by atoms with E-state index in [1.54, 1.807) is 22.6 Å². The lowest BCUT2D eigenvalue weighted by atomic mass is 10.1. The Balaban J connectivity index is 3.47. The highest BCUT2D eigenvalue weighted by molar-refractivity contribution is 14.1. The van der Waals surface area contributed by atoms with Crippen molar-refractivity contribution < 1.29 is 18.3 Å². The summed E-state index contributed by atoms with van der Waals surface area (Å²) in [5.41, 5.74) is -0.846. The minimum absolute atomic E-state index is 0.183. The zero-order valence-electron chi connectivity index (χ0n) is 7.43. The normalized spacial score (nSPS) is 10.5. The monoisotopic (exact) mass is 347 g/mol. The van der Waals surface area contributed by atoms with Crippen LogP contribution in [0.25, 0.3) is 0 Å². The van der Waals surface area contributed by atoms with Gasteiger partial charge in [0.15, 0.2) is 0 Å². The number of hydrogen-bond acceptors (Lipinski definition) is 3. The van der Waals surface area contributed by atoms with Gasteiger partial charge < -0.3 is 4.74 Å². The van der Waals surface area contributed by atoms with Gasteiger partial charge in [-0.3, -0.25) is 4.79 Å². The van der Waals surface area contributed by atoms with E-state index in [2.05, 4.69) is 4.98 Å². The third kappa shape index (κ3) is 2.75. The topological polar surface area (TPSA) is 39.2 Å². The van der Waals surface area contributed by atoms with E-state index in [1.165, 1.54) is 7.11 Å². The summed E-state index contributed by atoms with van der Waals surface area (Å²) in [6.07, 6.45) is -2.80. The molecule has 0 aliphatic rings. The molecule has 1 aromatic heterocycles. The summed E-state index contributed by atoms with van der Waals surface area (Å²) in [6, 6.07) is 1.10. The summed E-state index contributed by atoms with van der Waals surface area (Å²) in [5.74, 6) is -0.183. The fraction of sp³-hybridized carbons (Fsp3) is 0.250. The Bertz CT molecular complexity index is 400. The first-order chi connectivity index (χ1) is 6.97. The second-order valence-electron chi connectivity index (χ2n) is 2.49. The Kier molecular flexibility index (Phi) is 4.21. The first kappa shape index (κ1) is 12.6. The molecule has 0 spiro atoms. The van der Waals surface area contributed by atoms with Crippen molar-refractivity contribution in [3.05, 3.63) is 20.9 Å². The maximum Gasteiger partial charge on any atom is 0.264 e. The van der Waals surface area contributed by atoms with Gasteiger partial charge in [-0.1, -0.05) is 0 Å². The molecule has 7 heteroatoms. The molecule has 0 aromatic carbocycles. The van der Waals surface area contributed by atoms with Gasteiger partial charge in [0.2, 0.25) is 5.88 Å². The summed E-state index contributed by atoms with van der Waals surface area (Å²) in [6.45, 7) is 0. The van der Waals surface area contributed by atoms with Gasteiger partial charge in [0.05, 0.1) is 7.11 Å². The number of aromatic nitrogens is 1. The lowest BCUT2D eigenvalue weighted by molar-refractivity contribution is 0.106. The molecule has 0 unspecified atom stereocenters. The van der Waals surface area contributed by atoms with Gasteiger partial charge in [0.25, 0.3) is 11.7 Å². The standard InChI is InChI=1S/C8H5ClF2INO2/c1-15-8-5(6(9)14)3(7(10)11)2-4(12)13-8/h2,7H,1H3.